The van der Waals surface area contributed by atoms with Crippen LogP contribution < -0.4 is 0 Å². The average molecular weight is 367 g/mol. The Morgan fingerprint density at radius 3 is 2.74 bits per heavy atom. The summed E-state index contributed by atoms with van der Waals surface area (Å²) < 4.78 is 1.13. The first kappa shape index (κ1) is 14.7. The first-order chi connectivity index (χ1) is 11.2. The van der Waals surface area contributed by atoms with E-state index < -0.39 is 0 Å². The molecule has 2 aromatic carbocycles. The van der Waals surface area contributed by atoms with Crippen molar-refractivity contribution in [1.29, 1.82) is 0 Å². The summed E-state index contributed by atoms with van der Waals surface area (Å²) in [5.74, 6) is 0. The van der Waals surface area contributed by atoms with Crippen LogP contribution in [0, 0.1) is 6.92 Å². The summed E-state index contributed by atoms with van der Waals surface area (Å²) in [6.07, 6.45) is 3.38. The number of nitrogens with one attached hydrogen (secondary N) is 1. The zero-order valence-corrected chi connectivity index (χ0v) is 14.8. The van der Waals surface area contributed by atoms with E-state index in [0.29, 0.717) is 0 Å². The van der Waals surface area contributed by atoms with Gasteiger partial charge in [-0.1, -0.05) is 45.8 Å². The predicted molar refractivity (Wildman–Crippen MR) is 100 cm³/mol. The number of halogens is 1. The maximum absolute atomic E-state index is 4.92. The first-order valence-corrected chi connectivity index (χ1v) is 8.89. The Labute approximate surface area is 144 Å². The van der Waals surface area contributed by atoms with Crippen LogP contribution in [0.2, 0.25) is 0 Å². The van der Waals surface area contributed by atoms with E-state index in [4.69, 9.17) is 4.99 Å². The van der Waals surface area contributed by atoms with Crippen LogP contribution in [0.3, 0.4) is 0 Å². The molecule has 0 radical (unpaired) electrons. The molecule has 0 fully saturated rings. The second kappa shape index (κ2) is 5.97. The van der Waals surface area contributed by atoms with Crippen LogP contribution in [-0.4, -0.2) is 10.7 Å². The van der Waals surface area contributed by atoms with E-state index in [-0.39, 0.29) is 0 Å². The molecule has 1 aliphatic rings. The Kier molecular flexibility index (Phi) is 3.82. The average Bonchev–Trinajstić information content (AvgIpc) is 2.93. The van der Waals surface area contributed by atoms with Gasteiger partial charge in [-0.3, -0.25) is 4.99 Å². The Morgan fingerprint density at radius 2 is 1.91 bits per heavy atom. The van der Waals surface area contributed by atoms with E-state index in [0.717, 1.165) is 23.9 Å². The molecule has 116 valence electrons. The van der Waals surface area contributed by atoms with Gasteiger partial charge in [0.2, 0.25) is 0 Å². The van der Waals surface area contributed by atoms with E-state index in [2.05, 4.69) is 70.3 Å². The molecular formula is C20H19BrN2. The molecule has 1 aromatic heterocycles. The number of rotatable bonds is 2. The molecule has 0 amide bonds. The molecular weight excluding hydrogens is 348 g/mol. The van der Waals surface area contributed by atoms with Gasteiger partial charge in [0.25, 0.3) is 0 Å². The zero-order chi connectivity index (χ0) is 15.8. The molecule has 23 heavy (non-hydrogen) atoms. The first-order valence-electron chi connectivity index (χ1n) is 8.10. The lowest BCUT2D eigenvalue weighted by atomic mass is 9.94. The number of aromatic amines is 1. The molecule has 3 heteroatoms. The molecule has 4 rings (SSSR count). The number of aromatic nitrogens is 1. The number of hydrogen-bond acceptors (Lipinski definition) is 1. The quantitative estimate of drug-likeness (QED) is 0.614. The van der Waals surface area contributed by atoms with Gasteiger partial charge in [-0.15, -0.1) is 0 Å². The molecule has 2 nitrogen and oxygen atoms in total. The fraction of sp³-hybridized carbons (Fsp3) is 0.250. The van der Waals surface area contributed by atoms with E-state index in [1.165, 1.54) is 45.4 Å². The SMILES string of the molecule is Cc1ccc(CN=C2CCCc3c2[nH]c2ccc(Br)cc32)cc1. The predicted octanol–water partition coefficient (Wildman–Crippen LogP) is 5.56. The van der Waals surface area contributed by atoms with Crippen molar-refractivity contribution in [1.82, 2.24) is 4.98 Å². The Balaban J connectivity index is 1.71. The summed E-state index contributed by atoms with van der Waals surface area (Å²) in [4.78, 5) is 8.50. The lowest BCUT2D eigenvalue weighted by Gasteiger charge is -2.14. The van der Waals surface area contributed by atoms with Gasteiger partial charge in [0.15, 0.2) is 0 Å². The van der Waals surface area contributed by atoms with Crippen molar-refractivity contribution in [2.24, 2.45) is 4.99 Å². The number of H-pyrrole nitrogens is 1. The lowest BCUT2D eigenvalue weighted by Crippen LogP contribution is -2.11. The van der Waals surface area contributed by atoms with Crippen molar-refractivity contribution in [3.05, 3.63) is 69.3 Å². The van der Waals surface area contributed by atoms with Crippen LogP contribution in [0.5, 0.6) is 0 Å². The van der Waals surface area contributed by atoms with Crippen LogP contribution in [0.4, 0.5) is 0 Å². The van der Waals surface area contributed by atoms with Crippen molar-refractivity contribution in [3.63, 3.8) is 0 Å². The van der Waals surface area contributed by atoms with Gasteiger partial charge in [0, 0.05) is 15.4 Å². The van der Waals surface area contributed by atoms with Gasteiger partial charge in [-0.05, 0) is 55.5 Å². The van der Waals surface area contributed by atoms with Crippen molar-refractivity contribution < 1.29 is 0 Å². The Bertz CT molecular complexity index is 888. The van der Waals surface area contributed by atoms with Crippen LogP contribution in [-0.2, 0) is 13.0 Å². The summed E-state index contributed by atoms with van der Waals surface area (Å²) in [6.45, 7) is 2.87. The number of hydrogen-bond donors (Lipinski definition) is 1. The number of aliphatic imine (C=N–C) groups is 1. The van der Waals surface area contributed by atoms with Gasteiger partial charge in [0.05, 0.1) is 18.0 Å². The van der Waals surface area contributed by atoms with Gasteiger partial charge in [0.1, 0.15) is 0 Å². The standard InChI is InChI=1S/C20H19BrN2/c1-13-5-7-14(8-6-13)12-22-19-4-2-3-16-17-11-15(21)9-10-18(17)23-20(16)19/h5-11,23H,2-4,12H2,1H3. The third kappa shape index (κ3) is 2.86. The molecule has 1 heterocycles. The van der Waals surface area contributed by atoms with E-state index in [9.17, 15) is 0 Å². The molecule has 0 unspecified atom stereocenters. The highest BCUT2D eigenvalue weighted by atomic mass is 79.9. The normalized spacial score (nSPS) is 16.0. The van der Waals surface area contributed by atoms with Crippen LogP contribution in [0.25, 0.3) is 10.9 Å². The largest absolute Gasteiger partial charge is 0.353 e. The van der Waals surface area contributed by atoms with Crippen molar-refractivity contribution in [2.75, 3.05) is 0 Å². The maximum atomic E-state index is 4.92. The molecule has 0 aliphatic heterocycles. The van der Waals surface area contributed by atoms with Crippen molar-refractivity contribution in [2.45, 2.75) is 32.7 Å². The molecule has 0 spiro atoms. The third-order valence-electron chi connectivity index (χ3n) is 4.57. The van der Waals surface area contributed by atoms with Gasteiger partial charge < -0.3 is 4.98 Å². The summed E-state index contributed by atoms with van der Waals surface area (Å²) in [5, 5.41) is 1.33. The van der Waals surface area contributed by atoms with Crippen molar-refractivity contribution in [3.8, 4) is 0 Å². The minimum absolute atomic E-state index is 0.758. The smallest absolute Gasteiger partial charge is 0.0643 e. The summed E-state index contributed by atoms with van der Waals surface area (Å²) in [7, 11) is 0. The summed E-state index contributed by atoms with van der Waals surface area (Å²) in [6, 6.07) is 15.1. The van der Waals surface area contributed by atoms with Gasteiger partial charge >= 0.3 is 0 Å². The topological polar surface area (TPSA) is 28.1 Å². The third-order valence-corrected chi connectivity index (χ3v) is 5.06. The number of aryl methyl sites for hydroxylation is 2. The fourth-order valence-electron chi connectivity index (χ4n) is 3.32. The van der Waals surface area contributed by atoms with Crippen molar-refractivity contribution >= 4 is 32.5 Å². The maximum Gasteiger partial charge on any atom is 0.0643 e. The van der Waals surface area contributed by atoms with Crippen LogP contribution >= 0.6 is 15.9 Å². The molecule has 1 N–H and O–H groups in total. The number of benzene rings is 2. The fourth-order valence-corrected chi connectivity index (χ4v) is 3.68. The summed E-state index contributed by atoms with van der Waals surface area (Å²) in [5.41, 5.74) is 7.67. The summed E-state index contributed by atoms with van der Waals surface area (Å²) >= 11 is 3.58. The minimum atomic E-state index is 0.758. The second-order valence-corrected chi connectivity index (χ2v) is 7.19. The van der Waals surface area contributed by atoms with E-state index in [1.807, 2.05) is 0 Å². The molecule has 1 aliphatic carbocycles. The highest BCUT2D eigenvalue weighted by Gasteiger charge is 2.20. The molecule has 0 saturated heterocycles. The second-order valence-electron chi connectivity index (χ2n) is 6.27. The highest BCUT2D eigenvalue weighted by molar-refractivity contribution is 9.10. The number of nitrogens with zero attached hydrogens (tertiary/aromatic N) is 1. The van der Waals surface area contributed by atoms with E-state index >= 15 is 0 Å². The highest BCUT2D eigenvalue weighted by Crippen LogP contribution is 2.31. The molecule has 0 atom stereocenters. The Morgan fingerprint density at radius 1 is 1.09 bits per heavy atom. The molecule has 0 saturated carbocycles. The number of fused-ring (bicyclic) bond motifs is 3. The molecule has 3 aromatic rings. The van der Waals surface area contributed by atoms with Gasteiger partial charge in [-0.25, -0.2) is 0 Å². The zero-order valence-electron chi connectivity index (χ0n) is 13.2. The lowest BCUT2D eigenvalue weighted by molar-refractivity contribution is 0.833. The monoisotopic (exact) mass is 366 g/mol. The Hall–Kier alpha value is -1.87. The molecule has 0 bridgehead atoms. The van der Waals surface area contributed by atoms with Gasteiger partial charge in [-0.2, -0.15) is 0 Å². The minimum Gasteiger partial charge on any atom is -0.353 e. The van der Waals surface area contributed by atoms with E-state index in [1.54, 1.807) is 0 Å². The van der Waals surface area contributed by atoms with Crippen LogP contribution in [0.1, 0.15) is 35.2 Å². The van der Waals surface area contributed by atoms with Crippen LogP contribution in [0.15, 0.2) is 51.9 Å².